The number of hydrogen-bond donors (Lipinski definition) is 1. The maximum Gasteiger partial charge on any atom is 0.416 e. The van der Waals surface area contributed by atoms with E-state index >= 15 is 0 Å². The number of alkyl halides is 6. The average molecular weight is 441 g/mol. The fourth-order valence-corrected chi connectivity index (χ4v) is 3.45. The molecule has 4 rings (SSSR count). The first-order valence-corrected chi connectivity index (χ1v) is 9.41. The van der Waals surface area contributed by atoms with E-state index in [9.17, 15) is 26.3 Å². The van der Waals surface area contributed by atoms with Gasteiger partial charge in [-0.3, -0.25) is 4.90 Å². The third kappa shape index (κ3) is 4.71. The SMILES string of the molecule is FC(F)(F)c1ccccc1CNc1nc(CN2CC(C(F)(F)F)C2)nc2ncccc12. The Morgan fingerprint density at radius 2 is 1.71 bits per heavy atom. The number of aromatic nitrogens is 3. The zero-order chi connectivity index (χ0) is 22.2. The van der Waals surface area contributed by atoms with Crippen LogP contribution in [0.4, 0.5) is 32.2 Å². The highest BCUT2D eigenvalue weighted by Gasteiger charge is 2.47. The Bertz CT molecular complexity index is 1080. The highest BCUT2D eigenvalue weighted by molar-refractivity contribution is 5.86. The number of rotatable bonds is 5. The van der Waals surface area contributed by atoms with E-state index in [1.807, 2.05) is 0 Å². The maximum absolute atomic E-state index is 13.2. The van der Waals surface area contributed by atoms with Gasteiger partial charge in [-0.05, 0) is 23.8 Å². The van der Waals surface area contributed by atoms with E-state index in [1.165, 1.54) is 24.4 Å². The summed E-state index contributed by atoms with van der Waals surface area (Å²) < 4.78 is 77.9. The van der Waals surface area contributed by atoms with E-state index in [0.29, 0.717) is 11.0 Å². The Labute approximate surface area is 173 Å². The van der Waals surface area contributed by atoms with Crippen LogP contribution in [0.3, 0.4) is 0 Å². The highest BCUT2D eigenvalue weighted by Crippen LogP contribution is 2.34. The van der Waals surface area contributed by atoms with Gasteiger partial charge in [-0.25, -0.2) is 15.0 Å². The molecule has 0 bridgehead atoms. The molecule has 0 amide bonds. The minimum atomic E-state index is -4.49. The van der Waals surface area contributed by atoms with Gasteiger partial charge >= 0.3 is 12.4 Å². The van der Waals surface area contributed by atoms with Crippen molar-refractivity contribution in [2.24, 2.45) is 5.92 Å². The largest absolute Gasteiger partial charge is 0.416 e. The van der Waals surface area contributed by atoms with Crippen LogP contribution in [0.2, 0.25) is 0 Å². The Hall–Kier alpha value is -2.95. The van der Waals surface area contributed by atoms with E-state index in [-0.39, 0.29) is 43.4 Å². The van der Waals surface area contributed by atoms with Crippen LogP contribution < -0.4 is 5.32 Å². The number of fused-ring (bicyclic) bond motifs is 1. The number of hydrogen-bond acceptors (Lipinski definition) is 5. The van der Waals surface area contributed by atoms with E-state index in [0.717, 1.165) is 6.07 Å². The van der Waals surface area contributed by atoms with E-state index in [4.69, 9.17) is 0 Å². The lowest BCUT2D eigenvalue weighted by Crippen LogP contribution is -2.52. The lowest BCUT2D eigenvalue weighted by Gasteiger charge is -2.39. The topological polar surface area (TPSA) is 53.9 Å². The van der Waals surface area contributed by atoms with Gasteiger partial charge in [0.25, 0.3) is 0 Å². The molecule has 0 saturated carbocycles. The Morgan fingerprint density at radius 1 is 0.968 bits per heavy atom. The lowest BCUT2D eigenvalue weighted by atomic mass is 10.00. The van der Waals surface area contributed by atoms with Gasteiger partial charge in [0.1, 0.15) is 11.6 Å². The van der Waals surface area contributed by atoms with Crippen LogP contribution in [0.1, 0.15) is 17.0 Å². The van der Waals surface area contributed by atoms with E-state index in [1.54, 1.807) is 17.0 Å². The zero-order valence-corrected chi connectivity index (χ0v) is 16.0. The molecule has 1 aliphatic heterocycles. The molecule has 11 heteroatoms. The van der Waals surface area contributed by atoms with Crippen molar-refractivity contribution >= 4 is 16.9 Å². The molecular formula is C20H17F6N5. The predicted molar refractivity (Wildman–Crippen MR) is 101 cm³/mol. The summed E-state index contributed by atoms with van der Waals surface area (Å²) in [6, 6.07) is 8.52. The summed E-state index contributed by atoms with van der Waals surface area (Å²) in [5.74, 6) is -0.848. The monoisotopic (exact) mass is 441 g/mol. The Morgan fingerprint density at radius 3 is 2.42 bits per heavy atom. The molecular weight excluding hydrogens is 424 g/mol. The molecule has 3 heterocycles. The van der Waals surface area contributed by atoms with Gasteiger partial charge in [-0.1, -0.05) is 18.2 Å². The van der Waals surface area contributed by atoms with Gasteiger partial charge in [-0.15, -0.1) is 0 Å². The minimum absolute atomic E-state index is 0.0444. The van der Waals surface area contributed by atoms with Crippen molar-refractivity contribution in [2.75, 3.05) is 18.4 Å². The molecule has 1 fully saturated rings. The molecule has 1 aromatic carbocycles. The van der Waals surface area contributed by atoms with Crippen LogP contribution in [0, 0.1) is 5.92 Å². The van der Waals surface area contributed by atoms with Crippen LogP contribution in [0.5, 0.6) is 0 Å². The highest BCUT2D eigenvalue weighted by atomic mass is 19.4. The number of nitrogens with one attached hydrogen (secondary N) is 1. The van der Waals surface area contributed by atoms with Crippen molar-refractivity contribution in [1.29, 1.82) is 0 Å². The molecule has 0 atom stereocenters. The fourth-order valence-electron chi connectivity index (χ4n) is 3.45. The number of nitrogens with zero attached hydrogens (tertiary/aromatic N) is 4. The Balaban J connectivity index is 1.56. The van der Waals surface area contributed by atoms with Gasteiger partial charge in [0.05, 0.1) is 23.4 Å². The predicted octanol–water partition coefficient (Wildman–Crippen LogP) is 4.65. The first kappa shape index (κ1) is 21.3. The summed E-state index contributed by atoms with van der Waals surface area (Å²) in [7, 11) is 0. The molecule has 164 valence electrons. The molecule has 3 aromatic rings. The van der Waals surface area contributed by atoms with E-state index < -0.39 is 23.8 Å². The summed E-state index contributed by atoms with van der Waals surface area (Å²) in [6.07, 6.45) is -7.22. The fraction of sp³-hybridized carbons (Fsp3) is 0.350. The molecule has 31 heavy (non-hydrogen) atoms. The average Bonchev–Trinajstić information content (AvgIpc) is 2.67. The summed E-state index contributed by atoms with van der Waals surface area (Å²) in [5, 5.41) is 3.42. The molecule has 1 saturated heterocycles. The van der Waals surface area contributed by atoms with Crippen LogP contribution >= 0.6 is 0 Å². The van der Waals surface area contributed by atoms with Crippen molar-refractivity contribution in [3.05, 3.63) is 59.5 Å². The molecule has 1 aliphatic rings. The van der Waals surface area contributed by atoms with Gasteiger partial charge in [-0.2, -0.15) is 26.3 Å². The second kappa shape index (κ2) is 7.95. The second-order valence-electron chi connectivity index (χ2n) is 7.30. The van der Waals surface area contributed by atoms with Gasteiger partial charge in [0.2, 0.25) is 0 Å². The van der Waals surface area contributed by atoms with Crippen LogP contribution in [0.25, 0.3) is 11.0 Å². The van der Waals surface area contributed by atoms with Crippen molar-refractivity contribution in [2.45, 2.75) is 25.4 Å². The minimum Gasteiger partial charge on any atom is -0.365 e. The summed E-state index contributed by atoms with van der Waals surface area (Å²) in [4.78, 5) is 14.4. The van der Waals surface area contributed by atoms with Crippen LogP contribution in [-0.2, 0) is 19.3 Å². The summed E-state index contributed by atoms with van der Waals surface area (Å²) in [5.41, 5.74) is -0.395. The summed E-state index contributed by atoms with van der Waals surface area (Å²) >= 11 is 0. The first-order valence-electron chi connectivity index (χ1n) is 9.41. The van der Waals surface area contributed by atoms with Crippen molar-refractivity contribution in [3.8, 4) is 0 Å². The van der Waals surface area contributed by atoms with Gasteiger partial charge in [0, 0.05) is 25.8 Å². The second-order valence-corrected chi connectivity index (χ2v) is 7.30. The first-order chi connectivity index (χ1) is 14.6. The third-order valence-electron chi connectivity index (χ3n) is 5.07. The lowest BCUT2D eigenvalue weighted by molar-refractivity contribution is -0.210. The number of likely N-dealkylation sites (tertiary alicyclic amines) is 1. The van der Waals surface area contributed by atoms with Crippen molar-refractivity contribution in [3.63, 3.8) is 0 Å². The number of benzene rings is 1. The van der Waals surface area contributed by atoms with Crippen molar-refractivity contribution < 1.29 is 26.3 Å². The number of anilines is 1. The quantitative estimate of drug-likeness (QED) is 0.585. The van der Waals surface area contributed by atoms with Crippen molar-refractivity contribution in [1.82, 2.24) is 19.9 Å². The normalized spacial score (nSPS) is 15.8. The molecule has 2 aromatic heterocycles. The molecule has 0 radical (unpaired) electrons. The maximum atomic E-state index is 13.2. The van der Waals surface area contributed by atoms with Gasteiger partial charge < -0.3 is 5.32 Å². The Kier molecular flexibility index (Phi) is 5.46. The number of halogens is 6. The standard InChI is InChI=1S/C20H17F6N5/c21-19(22,23)13-9-31(10-13)11-16-29-17-14(5-3-7-27-17)18(30-16)28-8-12-4-1-2-6-15(12)20(24,25)26/h1-7,13H,8-11H2,(H,27,28,29,30). The molecule has 5 nitrogen and oxygen atoms in total. The smallest absolute Gasteiger partial charge is 0.365 e. The third-order valence-corrected chi connectivity index (χ3v) is 5.07. The molecule has 1 N–H and O–H groups in total. The van der Waals surface area contributed by atoms with Crippen LogP contribution in [-0.4, -0.2) is 39.1 Å². The summed E-state index contributed by atoms with van der Waals surface area (Å²) in [6.45, 7) is -0.341. The van der Waals surface area contributed by atoms with E-state index in [2.05, 4.69) is 20.3 Å². The molecule has 0 unspecified atom stereocenters. The molecule has 0 aliphatic carbocycles. The zero-order valence-electron chi connectivity index (χ0n) is 16.0. The number of pyridine rings is 1. The molecule has 0 spiro atoms. The van der Waals surface area contributed by atoms with Gasteiger partial charge in [0.15, 0.2) is 5.65 Å². The van der Waals surface area contributed by atoms with Crippen LogP contribution in [0.15, 0.2) is 42.6 Å².